The van der Waals surface area contributed by atoms with Gasteiger partial charge in [0.05, 0.1) is 0 Å². The fourth-order valence-electron chi connectivity index (χ4n) is 4.45. The molecule has 0 radical (unpaired) electrons. The Kier molecular flexibility index (Phi) is 7.69. The summed E-state index contributed by atoms with van der Waals surface area (Å²) in [6.07, 6.45) is 1.65. The van der Waals surface area contributed by atoms with Crippen molar-refractivity contribution in [2.75, 3.05) is 5.32 Å². The number of nitrogens with one attached hydrogen (secondary N) is 2. The third-order valence-electron chi connectivity index (χ3n) is 7.35. The molecule has 0 spiro atoms. The number of H-pyrrole nitrogens is 1. The molecule has 0 saturated heterocycles. The molecule has 2 heterocycles. The van der Waals surface area contributed by atoms with E-state index < -0.39 is 5.66 Å². The van der Waals surface area contributed by atoms with Gasteiger partial charge in [0.15, 0.2) is 0 Å². The number of rotatable bonds is 8. The second-order valence-corrected chi connectivity index (χ2v) is 11.7. The van der Waals surface area contributed by atoms with Crippen LogP contribution < -0.4 is 5.32 Å². The second kappa shape index (κ2) is 10.6. The molecular formula is C28H34ClN7O2. The highest BCUT2D eigenvalue weighted by atomic mass is 35.5. The van der Waals surface area contributed by atoms with E-state index in [9.17, 15) is 9.59 Å². The van der Waals surface area contributed by atoms with E-state index in [0.717, 1.165) is 29.5 Å². The first-order valence-electron chi connectivity index (χ1n) is 12.7. The maximum absolute atomic E-state index is 13.8. The number of hydrogen-bond donors (Lipinski definition) is 2. The lowest BCUT2D eigenvalue weighted by Crippen LogP contribution is -2.44. The van der Waals surface area contributed by atoms with E-state index >= 15 is 0 Å². The number of aliphatic imine (C=N–C) groups is 1. The van der Waals surface area contributed by atoms with Crippen molar-refractivity contribution in [3.05, 3.63) is 69.7 Å². The molecule has 2 unspecified atom stereocenters. The molecule has 200 valence electrons. The second-order valence-electron chi connectivity index (χ2n) is 11.3. The fraction of sp³-hybridized carbons (Fsp3) is 0.429. The van der Waals surface area contributed by atoms with Crippen LogP contribution in [0.15, 0.2) is 47.5 Å². The van der Waals surface area contributed by atoms with E-state index in [0.29, 0.717) is 28.8 Å². The maximum atomic E-state index is 13.8. The number of aromatic nitrogens is 4. The van der Waals surface area contributed by atoms with Gasteiger partial charge < -0.3 is 4.90 Å². The largest absolute Gasteiger partial charge is 0.308 e. The summed E-state index contributed by atoms with van der Waals surface area (Å²) >= 11 is 6.33. The van der Waals surface area contributed by atoms with Gasteiger partial charge in [0.25, 0.3) is 17.8 Å². The lowest BCUT2D eigenvalue weighted by Gasteiger charge is -2.36. The summed E-state index contributed by atoms with van der Waals surface area (Å²) in [7, 11) is 0. The van der Waals surface area contributed by atoms with Gasteiger partial charge in [-0.15, -0.1) is 5.10 Å². The highest BCUT2D eigenvalue weighted by Crippen LogP contribution is 2.37. The molecule has 10 heteroatoms. The maximum Gasteiger partial charge on any atom is 0.274 e. The molecule has 3 aromatic rings. The normalized spacial score (nSPS) is 18.4. The lowest BCUT2D eigenvalue weighted by molar-refractivity contribution is -0.128. The molecule has 1 aliphatic rings. The average molecular weight is 536 g/mol. The summed E-state index contributed by atoms with van der Waals surface area (Å²) in [6.45, 7) is 13.3. The van der Waals surface area contributed by atoms with E-state index in [-0.39, 0.29) is 23.2 Å². The standard InChI is InChI=1S/C28H34ClN7O2/c1-17-13-21(15-22(29)14-17)23-25(38)36(28(6,31-23)12-11-18(2)27(3,4)5)16-19-7-9-20(10-8-19)24(37)30-26-32-34-35-33-26/h7-10,13-15,18H,11-12,16H2,1-6H3,(H2,30,32,33,34,35,37). The topological polar surface area (TPSA) is 116 Å². The molecule has 1 aromatic heterocycles. The molecule has 38 heavy (non-hydrogen) atoms. The predicted octanol–water partition coefficient (Wildman–Crippen LogP) is 5.42. The molecule has 0 bridgehead atoms. The number of carbonyl (C=O) groups is 2. The molecule has 2 amide bonds. The number of anilines is 1. The molecule has 2 atom stereocenters. The molecule has 0 saturated carbocycles. The van der Waals surface area contributed by atoms with Crippen LogP contribution >= 0.6 is 11.6 Å². The number of benzene rings is 2. The zero-order chi connectivity index (χ0) is 27.7. The number of halogens is 1. The Balaban J connectivity index is 1.59. The Morgan fingerprint density at radius 1 is 1.18 bits per heavy atom. The third-order valence-corrected chi connectivity index (χ3v) is 7.57. The highest BCUT2D eigenvalue weighted by molar-refractivity contribution is 6.47. The van der Waals surface area contributed by atoms with Crippen LogP contribution in [0.5, 0.6) is 0 Å². The number of aryl methyl sites for hydroxylation is 1. The molecule has 0 fully saturated rings. The first kappa shape index (κ1) is 27.4. The van der Waals surface area contributed by atoms with Crippen LogP contribution in [0.25, 0.3) is 0 Å². The van der Waals surface area contributed by atoms with Gasteiger partial charge in [-0.3, -0.25) is 19.9 Å². The quantitative estimate of drug-likeness (QED) is 0.399. The van der Waals surface area contributed by atoms with Crippen LogP contribution in [0.4, 0.5) is 5.95 Å². The van der Waals surface area contributed by atoms with Gasteiger partial charge in [-0.25, -0.2) is 0 Å². The van der Waals surface area contributed by atoms with Crippen LogP contribution in [0.2, 0.25) is 5.02 Å². The van der Waals surface area contributed by atoms with Crippen LogP contribution in [-0.4, -0.2) is 48.7 Å². The predicted molar refractivity (Wildman–Crippen MR) is 148 cm³/mol. The lowest BCUT2D eigenvalue weighted by atomic mass is 9.78. The minimum Gasteiger partial charge on any atom is -0.308 e. The summed E-state index contributed by atoms with van der Waals surface area (Å²) in [5.74, 6) is 0.0681. The monoisotopic (exact) mass is 535 g/mol. The molecule has 9 nitrogen and oxygen atoms in total. The summed E-state index contributed by atoms with van der Waals surface area (Å²) in [4.78, 5) is 33.1. The molecule has 2 N–H and O–H groups in total. The van der Waals surface area contributed by atoms with E-state index in [1.807, 2.05) is 43.0 Å². The average Bonchev–Trinajstić information content (AvgIpc) is 3.44. The van der Waals surface area contributed by atoms with Gasteiger partial charge in [0, 0.05) is 22.7 Å². The summed E-state index contributed by atoms with van der Waals surface area (Å²) < 4.78 is 0. The van der Waals surface area contributed by atoms with Crippen molar-refractivity contribution >= 4 is 35.1 Å². The minimum absolute atomic E-state index is 0.0999. The Hall–Kier alpha value is -3.59. The molecular weight excluding hydrogens is 502 g/mol. The van der Waals surface area contributed by atoms with Crippen molar-refractivity contribution in [3.63, 3.8) is 0 Å². The Labute approximate surface area is 228 Å². The Morgan fingerprint density at radius 3 is 2.50 bits per heavy atom. The zero-order valence-corrected chi connectivity index (χ0v) is 23.4. The number of aromatic amines is 1. The fourth-order valence-corrected chi connectivity index (χ4v) is 4.73. The van der Waals surface area contributed by atoms with Gasteiger partial charge in [-0.05, 0) is 84.7 Å². The van der Waals surface area contributed by atoms with Crippen LogP contribution in [-0.2, 0) is 11.3 Å². The smallest absolute Gasteiger partial charge is 0.274 e. The van der Waals surface area contributed by atoms with Crippen LogP contribution in [0, 0.1) is 18.3 Å². The van der Waals surface area contributed by atoms with E-state index in [4.69, 9.17) is 16.6 Å². The van der Waals surface area contributed by atoms with Gasteiger partial charge in [-0.1, -0.05) is 56.5 Å². The van der Waals surface area contributed by atoms with Gasteiger partial charge in [-0.2, -0.15) is 5.21 Å². The van der Waals surface area contributed by atoms with Gasteiger partial charge in [0.2, 0.25) is 0 Å². The van der Waals surface area contributed by atoms with Gasteiger partial charge in [0.1, 0.15) is 11.4 Å². The number of tetrazole rings is 1. The molecule has 4 rings (SSSR count). The molecule has 2 aromatic carbocycles. The van der Waals surface area contributed by atoms with E-state index in [2.05, 4.69) is 53.6 Å². The Morgan fingerprint density at radius 2 is 1.89 bits per heavy atom. The molecule has 1 aliphatic heterocycles. The number of hydrogen-bond acceptors (Lipinski definition) is 6. The van der Waals surface area contributed by atoms with Crippen LogP contribution in [0.1, 0.15) is 74.5 Å². The number of carbonyl (C=O) groups excluding carboxylic acids is 2. The van der Waals surface area contributed by atoms with E-state index in [1.165, 1.54) is 0 Å². The summed E-state index contributed by atoms with van der Waals surface area (Å²) in [5.41, 5.74) is 2.90. The first-order chi connectivity index (χ1) is 17.9. The van der Waals surface area contributed by atoms with Crippen molar-refractivity contribution < 1.29 is 9.59 Å². The number of amides is 2. The van der Waals surface area contributed by atoms with Crippen molar-refractivity contribution in [1.29, 1.82) is 0 Å². The summed E-state index contributed by atoms with van der Waals surface area (Å²) in [6, 6.07) is 12.7. The summed E-state index contributed by atoms with van der Waals surface area (Å²) in [5, 5.41) is 16.3. The third kappa shape index (κ3) is 6.10. The zero-order valence-electron chi connectivity index (χ0n) is 22.7. The highest BCUT2D eigenvalue weighted by Gasteiger charge is 2.44. The first-order valence-corrected chi connectivity index (χ1v) is 13.1. The van der Waals surface area contributed by atoms with Crippen LogP contribution in [0.3, 0.4) is 0 Å². The van der Waals surface area contributed by atoms with E-state index in [1.54, 1.807) is 18.2 Å². The van der Waals surface area contributed by atoms with Crippen molar-refractivity contribution in [1.82, 2.24) is 25.5 Å². The van der Waals surface area contributed by atoms with Gasteiger partial charge >= 0.3 is 0 Å². The molecule has 0 aliphatic carbocycles. The van der Waals surface area contributed by atoms with Crippen molar-refractivity contribution in [2.45, 2.75) is 66.6 Å². The van der Waals surface area contributed by atoms with Crippen molar-refractivity contribution in [3.8, 4) is 0 Å². The number of nitrogens with zero attached hydrogens (tertiary/aromatic N) is 5. The minimum atomic E-state index is -0.711. The SMILES string of the molecule is Cc1cc(Cl)cc(C2=NC(C)(CCC(C)C(C)(C)C)N(Cc3ccc(C(=O)Nc4nn[nH]n4)cc3)C2=O)c1. The van der Waals surface area contributed by atoms with Crippen molar-refractivity contribution in [2.24, 2.45) is 16.3 Å². The Bertz CT molecular complexity index is 1330.